The summed E-state index contributed by atoms with van der Waals surface area (Å²) in [7, 11) is -3.72. The molecule has 0 bridgehead atoms. The van der Waals surface area contributed by atoms with E-state index < -0.39 is 10.0 Å². The van der Waals surface area contributed by atoms with Gasteiger partial charge >= 0.3 is 0 Å². The van der Waals surface area contributed by atoms with Crippen molar-refractivity contribution in [3.63, 3.8) is 0 Å². The van der Waals surface area contributed by atoms with Gasteiger partial charge in [-0.3, -0.25) is 4.72 Å². The number of benzene rings is 2. The summed E-state index contributed by atoms with van der Waals surface area (Å²) in [5.74, 6) is 0. The molecule has 0 heterocycles. The van der Waals surface area contributed by atoms with E-state index in [2.05, 4.69) is 4.72 Å². The summed E-state index contributed by atoms with van der Waals surface area (Å²) in [5, 5.41) is 0.638. The number of aryl methyl sites for hydroxylation is 1. The number of halogens is 2. The molecule has 0 aliphatic carbocycles. The molecule has 2 aromatic carbocycles. The van der Waals surface area contributed by atoms with Crippen molar-refractivity contribution in [2.45, 2.75) is 11.8 Å². The van der Waals surface area contributed by atoms with Gasteiger partial charge in [-0.15, -0.1) is 0 Å². The standard InChI is InChI=1S/C13H12Cl2N2O2S/c1-8-5-12(16)11(15)7-13(8)17-20(18,19)10-4-2-3-9(14)6-10/h2-7,17H,16H2,1H3. The molecule has 0 atom stereocenters. The van der Waals surface area contributed by atoms with Crippen LogP contribution in [0.3, 0.4) is 0 Å². The zero-order valence-electron chi connectivity index (χ0n) is 10.5. The number of hydrogen-bond donors (Lipinski definition) is 2. The second kappa shape index (κ2) is 5.52. The van der Waals surface area contributed by atoms with E-state index >= 15 is 0 Å². The predicted molar refractivity (Wildman–Crippen MR) is 82.9 cm³/mol. The van der Waals surface area contributed by atoms with Gasteiger partial charge in [0.1, 0.15) is 0 Å². The molecule has 0 spiro atoms. The number of sulfonamides is 1. The fraction of sp³-hybridized carbons (Fsp3) is 0.0769. The average Bonchev–Trinajstić information content (AvgIpc) is 2.36. The van der Waals surface area contributed by atoms with E-state index in [0.717, 1.165) is 0 Å². The Morgan fingerprint density at radius 1 is 1.15 bits per heavy atom. The maximum Gasteiger partial charge on any atom is 0.261 e. The summed E-state index contributed by atoms with van der Waals surface area (Å²) in [5.41, 5.74) is 7.11. The molecule has 0 amide bonds. The topological polar surface area (TPSA) is 72.2 Å². The molecular formula is C13H12Cl2N2O2S. The lowest BCUT2D eigenvalue weighted by Crippen LogP contribution is -2.14. The third kappa shape index (κ3) is 3.17. The molecule has 3 N–H and O–H groups in total. The SMILES string of the molecule is Cc1cc(N)c(Cl)cc1NS(=O)(=O)c1cccc(Cl)c1. The molecule has 7 heteroatoms. The van der Waals surface area contributed by atoms with Crippen LogP contribution in [-0.4, -0.2) is 8.42 Å². The highest BCUT2D eigenvalue weighted by Gasteiger charge is 2.16. The molecule has 0 saturated carbocycles. The van der Waals surface area contributed by atoms with Crippen LogP contribution in [0.4, 0.5) is 11.4 Å². The van der Waals surface area contributed by atoms with E-state index in [1.54, 1.807) is 25.1 Å². The number of hydrogen-bond acceptors (Lipinski definition) is 3. The van der Waals surface area contributed by atoms with Crippen molar-refractivity contribution in [2.75, 3.05) is 10.5 Å². The third-order valence-electron chi connectivity index (χ3n) is 2.69. The van der Waals surface area contributed by atoms with Crippen molar-refractivity contribution in [1.29, 1.82) is 0 Å². The molecule has 0 radical (unpaired) electrons. The molecule has 20 heavy (non-hydrogen) atoms. The molecule has 2 rings (SSSR count). The Hall–Kier alpha value is -1.43. The van der Waals surface area contributed by atoms with Gasteiger partial charge in [-0.05, 0) is 42.8 Å². The van der Waals surface area contributed by atoms with E-state index in [1.165, 1.54) is 18.2 Å². The lowest BCUT2D eigenvalue weighted by molar-refractivity contribution is 0.601. The molecule has 0 fully saturated rings. The quantitative estimate of drug-likeness (QED) is 0.843. The van der Waals surface area contributed by atoms with Crippen LogP contribution in [0.5, 0.6) is 0 Å². The highest BCUT2D eigenvalue weighted by molar-refractivity contribution is 7.92. The van der Waals surface area contributed by atoms with Crippen LogP contribution < -0.4 is 10.5 Å². The van der Waals surface area contributed by atoms with Crippen molar-refractivity contribution >= 4 is 44.6 Å². The zero-order valence-corrected chi connectivity index (χ0v) is 12.9. The van der Waals surface area contributed by atoms with Gasteiger partial charge < -0.3 is 5.73 Å². The van der Waals surface area contributed by atoms with Gasteiger partial charge in [-0.25, -0.2) is 8.42 Å². The molecule has 0 aliphatic heterocycles. The van der Waals surface area contributed by atoms with Crippen molar-refractivity contribution in [3.05, 3.63) is 52.0 Å². The van der Waals surface area contributed by atoms with Crippen LogP contribution in [0.25, 0.3) is 0 Å². The summed E-state index contributed by atoms with van der Waals surface area (Å²) in [6, 6.07) is 9.10. The van der Waals surface area contributed by atoms with Crippen LogP contribution in [0.1, 0.15) is 5.56 Å². The van der Waals surface area contributed by atoms with E-state index in [-0.39, 0.29) is 4.90 Å². The van der Waals surface area contributed by atoms with Crippen LogP contribution in [-0.2, 0) is 10.0 Å². The number of nitrogen functional groups attached to an aromatic ring is 1. The number of anilines is 2. The first-order chi connectivity index (χ1) is 9.29. The second-order valence-corrected chi connectivity index (χ2v) is 6.78. The van der Waals surface area contributed by atoms with Crippen molar-refractivity contribution < 1.29 is 8.42 Å². The minimum Gasteiger partial charge on any atom is -0.398 e. The zero-order chi connectivity index (χ0) is 14.9. The highest BCUT2D eigenvalue weighted by atomic mass is 35.5. The van der Waals surface area contributed by atoms with Gasteiger partial charge in [0.2, 0.25) is 0 Å². The van der Waals surface area contributed by atoms with Gasteiger partial charge in [-0.2, -0.15) is 0 Å². The van der Waals surface area contributed by atoms with Crippen LogP contribution in [0.2, 0.25) is 10.0 Å². The lowest BCUT2D eigenvalue weighted by atomic mass is 10.2. The molecule has 2 aromatic rings. The van der Waals surface area contributed by atoms with E-state index in [9.17, 15) is 8.42 Å². The Morgan fingerprint density at radius 2 is 1.85 bits per heavy atom. The number of nitrogens with two attached hydrogens (primary N) is 1. The van der Waals surface area contributed by atoms with Gasteiger partial charge in [0.05, 0.1) is 21.3 Å². The molecule has 4 nitrogen and oxygen atoms in total. The minimum absolute atomic E-state index is 0.0809. The Balaban J connectivity index is 2.41. The average molecular weight is 331 g/mol. The van der Waals surface area contributed by atoms with Crippen LogP contribution in [0.15, 0.2) is 41.3 Å². The van der Waals surface area contributed by atoms with E-state index in [1.807, 2.05) is 0 Å². The first kappa shape index (κ1) is 15.0. The predicted octanol–water partition coefficient (Wildman–Crippen LogP) is 3.68. The third-order valence-corrected chi connectivity index (χ3v) is 4.62. The normalized spacial score (nSPS) is 11.3. The van der Waals surface area contributed by atoms with Crippen molar-refractivity contribution in [3.8, 4) is 0 Å². The van der Waals surface area contributed by atoms with Gasteiger partial charge in [0.15, 0.2) is 0 Å². The molecule has 0 aromatic heterocycles. The summed E-state index contributed by atoms with van der Waals surface area (Å²) in [4.78, 5) is 0.0809. The fourth-order valence-electron chi connectivity index (χ4n) is 1.65. The van der Waals surface area contributed by atoms with E-state index in [0.29, 0.717) is 27.0 Å². The Bertz CT molecular complexity index is 761. The number of nitrogens with one attached hydrogen (secondary N) is 1. The number of rotatable bonds is 3. The maximum atomic E-state index is 12.3. The minimum atomic E-state index is -3.72. The summed E-state index contributed by atoms with van der Waals surface area (Å²) in [6.45, 7) is 1.74. The molecule has 0 saturated heterocycles. The molecule has 0 unspecified atom stereocenters. The Labute approximate surface area is 127 Å². The summed E-state index contributed by atoms with van der Waals surface area (Å²) >= 11 is 11.7. The van der Waals surface area contributed by atoms with Gasteiger partial charge in [-0.1, -0.05) is 29.3 Å². The first-order valence-electron chi connectivity index (χ1n) is 5.63. The lowest BCUT2D eigenvalue weighted by Gasteiger charge is -2.12. The smallest absolute Gasteiger partial charge is 0.261 e. The first-order valence-corrected chi connectivity index (χ1v) is 7.87. The van der Waals surface area contributed by atoms with Gasteiger partial charge in [0.25, 0.3) is 10.0 Å². The van der Waals surface area contributed by atoms with Crippen molar-refractivity contribution in [2.24, 2.45) is 0 Å². The Morgan fingerprint density at radius 3 is 2.50 bits per heavy atom. The highest BCUT2D eigenvalue weighted by Crippen LogP contribution is 2.28. The summed E-state index contributed by atoms with van der Waals surface area (Å²) in [6.07, 6.45) is 0. The molecule has 0 aliphatic rings. The van der Waals surface area contributed by atoms with Crippen LogP contribution in [0, 0.1) is 6.92 Å². The van der Waals surface area contributed by atoms with Crippen LogP contribution >= 0.6 is 23.2 Å². The Kier molecular flexibility index (Phi) is 4.13. The largest absolute Gasteiger partial charge is 0.398 e. The summed E-state index contributed by atoms with van der Waals surface area (Å²) < 4.78 is 27.0. The van der Waals surface area contributed by atoms with Gasteiger partial charge in [0, 0.05) is 5.02 Å². The molecule has 106 valence electrons. The second-order valence-electron chi connectivity index (χ2n) is 4.25. The van der Waals surface area contributed by atoms with Crippen molar-refractivity contribution in [1.82, 2.24) is 0 Å². The molecular weight excluding hydrogens is 319 g/mol. The fourth-order valence-corrected chi connectivity index (χ4v) is 3.24. The van der Waals surface area contributed by atoms with E-state index in [4.69, 9.17) is 28.9 Å². The maximum absolute atomic E-state index is 12.3. The monoisotopic (exact) mass is 330 g/mol.